The Morgan fingerprint density at radius 3 is 2.62 bits per heavy atom. The van der Waals surface area contributed by atoms with E-state index < -0.39 is 11.2 Å². The van der Waals surface area contributed by atoms with Gasteiger partial charge < -0.3 is 9.13 Å². The third-order valence-electron chi connectivity index (χ3n) is 5.27. The van der Waals surface area contributed by atoms with Gasteiger partial charge in [-0.05, 0) is 31.4 Å². The number of ketones is 1. The molecule has 0 saturated heterocycles. The van der Waals surface area contributed by atoms with Crippen molar-refractivity contribution in [3.63, 3.8) is 0 Å². The molecule has 29 heavy (non-hydrogen) atoms. The molecule has 4 rings (SSSR count). The van der Waals surface area contributed by atoms with Crippen molar-refractivity contribution in [3.8, 4) is 0 Å². The van der Waals surface area contributed by atoms with Crippen LogP contribution in [0.3, 0.4) is 0 Å². The minimum Gasteiger partial charge on any atom is -0.343 e. The molecule has 0 aromatic carbocycles. The molecular weight excluding hydrogens is 390 g/mol. The van der Waals surface area contributed by atoms with Crippen LogP contribution < -0.4 is 11.2 Å². The Bertz CT molecular complexity index is 1350. The quantitative estimate of drug-likeness (QED) is 0.469. The van der Waals surface area contributed by atoms with Crippen LogP contribution in [-0.4, -0.2) is 29.0 Å². The Labute approximate surface area is 170 Å². The maximum Gasteiger partial charge on any atom is 0.332 e. The number of thiophene rings is 1. The molecular formula is C20H21N5O3S. The summed E-state index contributed by atoms with van der Waals surface area (Å²) < 4.78 is 5.91. The van der Waals surface area contributed by atoms with Crippen LogP contribution in [0, 0.1) is 13.8 Å². The highest BCUT2D eigenvalue weighted by Crippen LogP contribution is 2.20. The molecule has 0 saturated carbocycles. The first kappa shape index (κ1) is 19.1. The smallest absolute Gasteiger partial charge is 0.332 e. The van der Waals surface area contributed by atoms with Gasteiger partial charge in [-0.1, -0.05) is 6.07 Å². The molecule has 4 aromatic heterocycles. The van der Waals surface area contributed by atoms with Gasteiger partial charge in [0.1, 0.15) is 0 Å². The fourth-order valence-corrected chi connectivity index (χ4v) is 4.34. The van der Waals surface area contributed by atoms with Gasteiger partial charge in [-0.3, -0.25) is 18.7 Å². The molecule has 0 N–H and O–H groups in total. The summed E-state index contributed by atoms with van der Waals surface area (Å²) in [6, 6.07) is 5.87. The van der Waals surface area contributed by atoms with Crippen molar-refractivity contribution in [1.82, 2.24) is 23.3 Å². The predicted octanol–water partition coefficient (Wildman–Crippen LogP) is 1.84. The van der Waals surface area contributed by atoms with Crippen molar-refractivity contribution >= 4 is 28.3 Å². The van der Waals surface area contributed by atoms with Gasteiger partial charge in [0.05, 0.1) is 19.4 Å². The van der Waals surface area contributed by atoms with Crippen LogP contribution in [0.25, 0.3) is 11.2 Å². The molecule has 150 valence electrons. The molecule has 4 heterocycles. The maximum atomic E-state index is 13.0. The maximum absolute atomic E-state index is 13.0. The van der Waals surface area contributed by atoms with Crippen molar-refractivity contribution in [3.05, 3.63) is 72.6 Å². The van der Waals surface area contributed by atoms with Crippen molar-refractivity contribution in [2.45, 2.75) is 26.9 Å². The molecule has 0 bridgehead atoms. The van der Waals surface area contributed by atoms with E-state index in [2.05, 4.69) is 15.6 Å². The van der Waals surface area contributed by atoms with Crippen LogP contribution in [-0.2, 0) is 27.2 Å². The third-order valence-corrected chi connectivity index (χ3v) is 6.13. The number of imidazole rings is 1. The largest absolute Gasteiger partial charge is 0.343 e. The second-order valence-corrected chi connectivity index (χ2v) is 8.17. The van der Waals surface area contributed by atoms with Crippen molar-refractivity contribution < 1.29 is 4.79 Å². The SMILES string of the molecule is Cc1cc(C(=O)Cn2c(=O)c3c(ncn3C)n(C)c2=O)c(C)n1Cc1cccs1. The van der Waals surface area contributed by atoms with Gasteiger partial charge in [0.2, 0.25) is 0 Å². The Morgan fingerprint density at radius 2 is 1.93 bits per heavy atom. The molecule has 0 aliphatic heterocycles. The number of hydrogen-bond acceptors (Lipinski definition) is 5. The van der Waals surface area contributed by atoms with Gasteiger partial charge in [-0.25, -0.2) is 9.78 Å². The summed E-state index contributed by atoms with van der Waals surface area (Å²) in [6.45, 7) is 4.21. The average molecular weight is 411 g/mol. The van der Waals surface area contributed by atoms with Gasteiger partial charge in [0.15, 0.2) is 16.9 Å². The van der Waals surface area contributed by atoms with Crippen LogP contribution in [0.4, 0.5) is 0 Å². The second kappa shape index (κ2) is 7.00. The minimum absolute atomic E-state index is 0.267. The first-order valence-corrected chi connectivity index (χ1v) is 10.0. The second-order valence-electron chi connectivity index (χ2n) is 7.13. The van der Waals surface area contributed by atoms with Crippen molar-refractivity contribution in [2.75, 3.05) is 0 Å². The van der Waals surface area contributed by atoms with Crippen LogP contribution >= 0.6 is 11.3 Å². The Morgan fingerprint density at radius 1 is 1.17 bits per heavy atom. The lowest BCUT2D eigenvalue weighted by molar-refractivity contribution is 0.0968. The predicted molar refractivity (Wildman–Crippen MR) is 112 cm³/mol. The van der Waals surface area contributed by atoms with Crippen LogP contribution in [0.2, 0.25) is 0 Å². The molecule has 0 amide bonds. The number of carbonyl (C=O) groups is 1. The number of fused-ring (bicyclic) bond motifs is 1. The van der Waals surface area contributed by atoms with Gasteiger partial charge in [0.25, 0.3) is 5.56 Å². The summed E-state index contributed by atoms with van der Waals surface area (Å²) in [5.74, 6) is -0.267. The molecule has 4 aromatic rings. The Kier molecular flexibility index (Phi) is 4.62. The fraction of sp³-hybridized carbons (Fsp3) is 0.300. The van der Waals surface area contributed by atoms with E-state index in [-0.39, 0.29) is 12.3 Å². The van der Waals surface area contributed by atoms with E-state index in [1.54, 1.807) is 30.0 Å². The van der Waals surface area contributed by atoms with Gasteiger partial charge in [0, 0.05) is 35.9 Å². The van der Waals surface area contributed by atoms with Crippen molar-refractivity contribution in [1.29, 1.82) is 0 Å². The molecule has 0 atom stereocenters. The molecule has 8 nitrogen and oxygen atoms in total. The molecule has 0 aliphatic rings. The highest BCUT2D eigenvalue weighted by Gasteiger charge is 2.21. The number of aryl methyl sites for hydroxylation is 3. The monoisotopic (exact) mass is 411 g/mol. The summed E-state index contributed by atoms with van der Waals surface area (Å²) >= 11 is 1.66. The van der Waals surface area contributed by atoms with Crippen molar-refractivity contribution in [2.24, 2.45) is 14.1 Å². The zero-order chi connectivity index (χ0) is 20.9. The highest BCUT2D eigenvalue weighted by molar-refractivity contribution is 7.09. The standard InChI is InChI=1S/C20H21N5O3S/c1-12-8-15(13(2)24(12)9-14-6-5-7-29-14)16(26)10-25-19(27)17-18(21-11-22(17)3)23(4)20(25)28/h5-8,11H,9-10H2,1-4H3. The number of rotatable bonds is 5. The molecule has 0 unspecified atom stereocenters. The van der Waals surface area contributed by atoms with E-state index in [1.807, 2.05) is 31.4 Å². The third kappa shape index (κ3) is 3.07. The fourth-order valence-electron chi connectivity index (χ4n) is 3.65. The highest BCUT2D eigenvalue weighted by atomic mass is 32.1. The van der Waals surface area contributed by atoms with Crippen LogP contribution in [0.15, 0.2) is 39.5 Å². The van der Waals surface area contributed by atoms with E-state index in [9.17, 15) is 14.4 Å². The van der Waals surface area contributed by atoms with E-state index in [0.717, 1.165) is 16.0 Å². The average Bonchev–Trinajstić information content (AvgIpc) is 3.40. The number of aromatic nitrogens is 5. The lowest BCUT2D eigenvalue weighted by Crippen LogP contribution is -2.41. The Balaban J connectivity index is 1.73. The summed E-state index contributed by atoms with van der Waals surface area (Å²) in [5.41, 5.74) is 1.85. The topological polar surface area (TPSA) is 83.8 Å². The zero-order valence-electron chi connectivity index (χ0n) is 16.7. The molecule has 0 spiro atoms. The molecule has 0 aliphatic carbocycles. The number of Topliss-reactive ketones (excluding diaryl/α,β-unsaturated/α-hetero) is 1. The molecule has 0 radical (unpaired) electrons. The summed E-state index contributed by atoms with van der Waals surface area (Å²) in [7, 11) is 3.23. The summed E-state index contributed by atoms with van der Waals surface area (Å²) in [5, 5.41) is 2.02. The van der Waals surface area contributed by atoms with Crippen LogP contribution in [0.1, 0.15) is 26.6 Å². The summed E-state index contributed by atoms with van der Waals surface area (Å²) in [6.07, 6.45) is 1.48. The lowest BCUT2D eigenvalue weighted by atomic mass is 10.1. The number of nitrogens with zero attached hydrogens (tertiary/aromatic N) is 5. The summed E-state index contributed by atoms with van der Waals surface area (Å²) in [4.78, 5) is 43.9. The zero-order valence-corrected chi connectivity index (χ0v) is 17.5. The van der Waals surface area contributed by atoms with E-state index in [4.69, 9.17) is 0 Å². The van der Waals surface area contributed by atoms with E-state index in [1.165, 1.54) is 15.8 Å². The van der Waals surface area contributed by atoms with E-state index in [0.29, 0.717) is 23.3 Å². The lowest BCUT2D eigenvalue weighted by Gasteiger charge is -2.10. The minimum atomic E-state index is -0.554. The molecule has 9 heteroatoms. The first-order valence-electron chi connectivity index (χ1n) is 9.12. The van der Waals surface area contributed by atoms with Gasteiger partial charge >= 0.3 is 5.69 Å². The van der Waals surface area contributed by atoms with Gasteiger partial charge in [-0.2, -0.15) is 0 Å². The number of hydrogen-bond donors (Lipinski definition) is 0. The normalized spacial score (nSPS) is 11.4. The van der Waals surface area contributed by atoms with Gasteiger partial charge in [-0.15, -0.1) is 11.3 Å². The van der Waals surface area contributed by atoms with E-state index >= 15 is 0 Å². The number of carbonyl (C=O) groups excluding carboxylic acids is 1. The molecule has 0 fully saturated rings. The van der Waals surface area contributed by atoms with Crippen LogP contribution in [0.5, 0.6) is 0 Å². The Hall–Kier alpha value is -3.20. The first-order chi connectivity index (χ1) is 13.8.